The molecule has 2 heterocycles. The van der Waals surface area contributed by atoms with Crippen LogP contribution in [0, 0.1) is 0 Å². The van der Waals surface area contributed by atoms with Gasteiger partial charge in [0, 0.05) is 30.1 Å². The largest absolute Gasteiger partial charge is 0.452 e. The van der Waals surface area contributed by atoms with Gasteiger partial charge >= 0.3 is 5.97 Å². The van der Waals surface area contributed by atoms with Gasteiger partial charge < -0.3 is 9.64 Å². The molecule has 1 aromatic heterocycles. The van der Waals surface area contributed by atoms with Gasteiger partial charge in [-0.05, 0) is 23.3 Å². The lowest BCUT2D eigenvalue weighted by Crippen LogP contribution is -2.38. The number of hydrogen-bond donors (Lipinski definition) is 0. The van der Waals surface area contributed by atoms with Gasteiger partial charge in [0.15, 0.2) is 6.10 Å². The van der Waals surface area contributed by atoms with E-state index in [0.717, 1.165) is 21.8 Å². The number of thiazole rings is 1. The Balaban J connectivity index is 1.67. The predicted octanol–water partition coefficient (Wildman–Crippen LogP) is 4.05. The van der Waals surface area contributed by atoms with Crippen molar-refractivity contribution in [2.24, 2.45) is 0 Å². The highest BCUT2D eigenvalue weighted by atomic mass is 32.1. The third-order valence-corrected chi connectivity index (χ3v) is 5.23. The van der Waals surface area contributed by atoms with Gasteiger partial charge in [-0.25, -0.2) is 4.98 Å². The highest BCUT2D eigenvalue weighted by molar-refractivity contribution is 7.09. The number of esters is 1. The highest BCUT2D eigenvalue weighted by Gasteiger charge is 2.34. The third-order valence-electron chi connectivity index (χ3n) is 4.47. The SMILES string of the molecule is O=C1CC[C@@H](C(=O)N(Cc2nccs2)c2cccc(-c3ccccc3)c2)O1. The summed E-state index contributed by atoms with van der Waals surface area (Å²) in [7, 11) is 0. The van der Waals surface area contributed by atoms with Crippen molar-refractivity contribution in [3.05, 3.63) is 71.2 Å². The first-order valence-electron chi connectivity index (χ1n) is 8.75. The molecule has 4 rings (SSSR count). The Bertz CT molecular complexity index is 941. The number of benzene rings is 2. The molecule has 1 fully saturated rings. The summed E-state index contributed by atoms with van der Waals surface area (Å²) in [5.74, 6) is -0.526. The Morgan fingerprint density at radius 1 is 1.15 bits per heavy atom. The maximum Gasteiger partial charge on any atom is 0.306 e. The quantitative estimate of drug-likeness (QED) is 0.629. The second-order valence-electron chi connectivity index (χ2n) is 6.28. The summed E-state index contributed by atoms with van der Waals surface area (Å²) in [4.78, 5) is 30.5. The van der Waals surface area contributed by atoms with E-state index in [9.17, 15) is 9.59 Å². The smallest absolute Gasteiger partial charge is 0.306 e. The first-order chi connectivity index (χ1) is 13.2. The number of carbonyl (C=O) groups excluding carboxylic acids is 2. The van der Waals surface area contributed by atoms with Crippen molar-refractivity contribution in [3.63, 3.8) is 0 Å². The van der Waals surface area contributed by atoms with Gasteiger partial charge in [0.2, 0.25) is 0 Å². The van der Waals surface area contributed by atoms with E-state index in [1.165, 1.54) is 11.3 Å². The maximum atomic E-state index is 13.1. The van der Waals surface area contributed by atoms with E-state index < -0.39 is 6.10 Å². The van der Waals surface area contributed by atoms with E-state index >= 15 is 0 Å². The fourth-order valence-corrected chi connectivity index (χ4v) is 3.72. The molecule has 2 aromatic carbocycles. The average molecular weight is 378 g/mol. The molecular formula is C21H18N2O3S. The van der Waals surface area contributed by atoms with Crippen molar-refractivity contribution in [3.8, 4) is 11.1 Å². The van der Waals surface area contributed by atoms with Crippen LogP contribution in [0.1, 0.15) is 17.8 Å². The van der Waals surface area contributed by atoms with Crippen LogP contribution < -0.4 is 4.90 Å². The minimum absolute atomic E-state index is 0.207. The Kier molecular flexibility index (Phi) is 4.98. The number of amides is 1. The number of aromatic nitrogens is 1. The van der Waals surface area contributed by atoms with Crippen LogP contribution in [0.15, 0.2) is 66.2 Å². The van der Waals surface area contributed by atoms with Crippen LogP contribution in [0.5, 0.6) is 0 Å². The maximum absolute atomic E-state index is 13.1. The molecule has 1 aliphatic heterocycles. The molecule has 0 N–H and O–H groups in total. The molecule has 0 saturated carbocycles. The fraction of sp³-hybridized carbons (Fsp3) is 0.190. The van der Waals surface area contributed by atoms with Crippen LogP contribution in [0.3, 0.4) is 0 Å². The number of cyclic esters (lactones) is 1. The molecule has 27 heavy (non-hydrogen) atoms. The van der Waals surface area contributed by atoms with Crippen molar-refractivity contribution in [1.82, 2.24) is 4.98 Å². The van der Waals surface area contributed by atoms with Gasteiger partial charge in [0.1, 0.15) is 5.01 Å². The van der Waals surface area contributed by atoms with Crippen LogP contribution in [-0.4, -0.2) is 23.0 Å². The van der Waals surface area contributed by atoms with Crippen molar-refractivity contribution < 1.29 is 14.3 Å². The summed E-state index contributed by atoms with van der Waals surface area (Å²) >= 11 is 1.49. The Hall–Kier alpha value is -2.99. The zero-order valence-corrected chi connectivity index (χ0v) is 15.4. The normalized spacial score (nSPS) is 16.1. The first kappa shape index (κ1) is 17.4. The molecule has 1 atom stereocenters. The minimum atomic E-state index is -0.724. The zero-order valence-electron chi connectivity index (χ0n) is 14.6. The molecule has 0 bridgehead atoms. The standard InChI is InChI=1S/C21H18N2O3S/c24-20-10-9-18(26-20)21(25)23(14-19-22-11-12-27-19)17-8-4-7-16(13-17)15-5-2-1-3-6-15/h1-8,11-13,18H,9-10,14H2/t18-/m0/s1. The lowest BCUT2D eigenvalue weighted by Gasteiger charge is -2.25. The van der Waals surface area contributed by atoms with Crippen LogP contribution in [0.25, 0.3) is 11.1 Å². The van der Waals surface area contributed by atoms with E-state index in [1.807, 2.05) is 60.0 Å². The van der Waals surface area contributed by atoms with Gasteiger partial charge in [-0.2, -0.15) is 0 Å². The third kappa shape index (κ3) is 3.90. The van der Waals surface area contributed by atoms with Gasteiger partial charge in [-0.3, -0.25) is 9.59 Å². The molecule has 5 nitrogen and oxygen atoms in total. The predicted molar refractivity (Wildman–Crippen MR) is 104 cm³/mol. The summed E-state index contributed by atoms with van der Waals surface area (Å²) in [5.41, 5.74) is 2.86. The summed E-state index contributed by atoms with van der Waals surface area (Å²) in [6.45, 7) is 0.350. The summed E-state index contributed by atoms with van der Waals surface area (Å²) in [6.07, 6.45) is 1.70. The summed E-state index contributed by atoms with van der Waals surface area (Å²) in [6, 6.07) is 17.8. The van der Waals surface area contributed by atoms with Crippen molar-refractivity contribution >= 4 is 28.9 Å². The molecule has 6 heteroatoms. The number of nitrogens with zero attached hydrogens (tertiary/aromatic N) is 2. The topological polar surface area (TPSA) is 59.5 Å². The lowest BCUT2D eigenvalue weighted by atomic mass is 10.0. The van der Waals surface area contributed by atoms with Gasteiger partial charge in [-0.15, -0.1) is 11.3 Å². The molecule has 1 aliphatic rings. The lowest BCUT2D eigenvalue weighted by molar-refractivity contribution is -0.147. The van der Waals surface area contributed by atoms with Crippen LogP contribution in [0.4, 0.5) is 5.69 Å². The van der Waals surface area contributed by atoms with E-state index in [2.05, 4.69) is 4.98 Å². The molecule has 1 saturated heterocycles. The summed E-state index contributed by atoms with van der Waals surface area (Å²) < 4.78 is 5.21. The van der Waals surface area contributed by atoms with Gasteiger partial charge in [0.25, 0.3) is 5.91 Å². The monoisotopic (exact) mass is 378 g/mol. The molecule has 0 radical (unpaired) electrons. The fourth-order valence-electron chi connectivity index (χ4n) is 3.12. The van der Waals surface area contributed by atoms with Gasteiger partial charge in [0.05, 0.1) is 6.54 Å². The van der Waals surface area contributed by atoms with E-state index in [1.54, 1.807) is 11.1 Å². The number of carbonyl (C=O) groups is 2. The minimum Gasteiger partial charge on any atom is -0.452 e. The van der Waals surface area contributed by atoms with E-state index in [4.69, 9.17) is 4.74 Å². The molecule has 0 spiro atoms. The molecule has 3 aromatic rings. The molecule has 0 aliphatic carbocycles. The van der Waals surface area contributed by atoms with Crippen molar-refractivity contribution in [2.75, 3.05) is 4.90 Å². The average Bonchev–Trinajstić information content (AvgIpc) is 3.38. The van der Waals surface area contributed by atoms with Crippen LogP contribution >= 0.6 is 11.3 Å². The van der Waals surface area contributed by atoms with Crippen molar-refractivity contribution in [2.45, 2.75) is 25.5 Å². The Labute approximate surface area is 161 Å². The Morgan fingerprint density at radius 3 is 2.67 bits per heavy atom. The number of rotatable bonds is 5. The molecular weight excluding hydrogens is 360 g/mol. The van der Waals surface area contributed by atoms with Gasteiger partial charge in [-0.1, -0.05) is 42.5 Å². The number of anilines is 1. The number of ether oxygens (including phenoxy) is 1. The second-order valence-corrected chi connectivity index (χ2v) is 7.26. The van der Waals surface area contributed by atoms with Crippen LogP contribution in [-0.2, 0) is 20.9 Å². The van der Waals surface area contributed by atoms with E-state index in [-0.39, 0.29) is 18.3 Å². The Morgan fingerprint density at radius 2 is 1.96 bits per heavy atom. The number of hydrogen-bond acceptors (Lipinski definition) is 5. The zero-order chi connectivity index (χ0) is 18.6. The first-order valence-corrected chi connectivity index (χ1v) is 9.63. The van der Waals surface area contributed by atoms with Crippen molar-refractivity contribution in [1.29, 1.82) is 0 Å². The molecule has 136 valence electrons. The van der Waals surface area contributed by atoms with Crippen LogP contribution in [0.2, 0.25) is 0 Å². The second kappa shape index (κ2) is 7.72. The highest BCUT2D eigenvalue weighted by Crippen LogP contribution is 2.28. The summed E-state index contributed by atoms with van der Waals surface area (Å²) in [5, 5.41) is 2.71. The molecule has 0 unspecified atom stereocenters. The molecule has 1 amide bonds. The van der Waals surface area contributed by atoms with E-state index in [0.29, 0.717) is 13.0 Å².